The van der Waals surface area contributed by atoms with Gasteiger partial charge in [0.15, 0.2) is 0 Å². The first kappa shape index (κ1) is 11.2. The molecule has 0 saturated carbocycles. The summed E-state index contributed by atoms with van der Waals surface area (Å²) in [4.78, 5) is 0. The highest BCUT2D eigenvalue weighted by atomic mass is 16.5. The van der Waals surface area contributed by atoms with E-state index in [2.05, 4.69) is 11.7 Å². The summed E-state index contributed by atoms with van der Waals surface area (Å²) in [6, 6.07) is 0.355. The number of aliphatic hydroxyl groups excluding tert-OH is 1. The van der Waals surface area contributed by atoms with E-state index in [1.54, 1.807) is 7.11 Å². The summed E-state index contributed by atoms with van der Waals surface area (Å²) in [5, 5.41) is 15.4. The molecule has 0 spiro atoms. The fraction of sp³-hybridized carbons (Fsp3) is 0.700. The molecule has 0 aliphatic carbocycles. The zero-order valence-electron chi connectivity index (χ0n) is 8.59. The lowest BCUT2D eigenvalue weighted by molar-refractivity contribution is 0.117. The number of hydrogen-bond donors (Lipinski definition) is 1. The molecule has 0 aromatic heterocycles. The molecule has 1 saturated heterocycles. The largest absolute Gasteiger partial charge is 0.383 e. The first-order valence-corrected chi connectivity index (χ1v) is 4.88. The minimum atomic E-state index is -0.654. The fourth-order valence-corrected chi connectivity index (χ4v) is 1.55. The lowest BCUT2D eigenvalue weighted by Gasteiger charge is -2.20. The number of methoxy groups -OCH3 is 1. The van der Waals surface area contributed by atoms with Gasteiger partial charge in [0, 0.05) is 13.7 Å². The minimum absolute atomic E-state index is 0.355. The molecule has 80 valence electrons. The molecule has 1 aliphatic rings. The molecular weight excluding hydrogens is 180 g/mol. The van der Waals surface area contributed by atoms with E-state index >= 15 is 0 Å². The first-order valence-electron chi connectivity index (χ1n) is 4.88. The standard InChI is InChI=1S/C10H18N2O2/c1-3-10(13)7-11-12-6-4-5-9(12)8-14-2/h3,7,9-10,13H,1,4-6,8H2,2H3/t9-,10?/m0/s1. The second-order valence-electron chi connectivity index (χ2n) is 3.41. The van der Waals surface area contributed by atoms with E-state index in [0.29, 0.717) is 12.6 Å². The van der Waals surface area contributed by atoms with Crippen LogP contribution in [0.3, 0.4) is 0 Å². The Morgan fingerprint density at radius 2 is 2.57 bits per heavy atom. The van der Waals surface area contributed by atoms with E-state index < -0.39 is 6.10 Å². The molecule has 0 amide bonds. The van der Waals surface area contributed by atoms with Crippen molar-refractivity contribution in [3.8, 4) is 0 Å². The smallest absolute Gasteiger partial charge is 0.109 e. The Morgan fingerprint density at radius 3 is 3.21 bits per heavy atom. The van der Waals surface area contributed by atoms with E-state index in [1.807, 2.05) is 5.01 Å². The number of ether oxygens (including phenoxy) is 1. The predicted octanol–water partition coefficient (Wildman–Crippen LogP) is 0.630. The SMILES string of the molecule is C=CC(O)C=NN1CCC[C@H]1COC. The van der Waals surface area contributed by atoms with Crippen molar-refractivity contribution in [2.45, 2.75) is 25.0 Å². The molecule has 1 heterocycles. The molecule has 4 heteroatoms. The molecule has 0 bridgehead atoms. The van der Waals surface area contributed by atoms with Crippen LogP contribution in [0, 0.1) is 0 Å². The zero-order chi connectivity index (χ0) is 10.4. The molecule has 14 heavy (non-hydrogen) atoms. The fourth-order valence-electron chi connectivity index (χ4n) is 1.55. The van der Waals surface area contributed by atoms with Gasteiger partial charge in [0.1, 0.15) is 6.10 Å². The van der Waals surface area contributed by atoms with Crippen LogP contribution in [-0.4, -0.2) is 48.7 Å². The Bertz CT molecular complexity index is 206. The van der Waals surface area contributed by atoms with Crippen molar-refractivity contribution >= 4 is 6.21 Å². The zero-order valence-corrected chi connectivity index (χ0v) is 8.59. The van der Waals surface area contributed by atoms with E-state index in [1.165, 1.54) is 12.3 Å². The molecule has 1 aliphatic heterocycles. The first-order chi connectivity index (χ1) is 6.77. The van der Waals surface area contributed by atoms with Crippen molar-refractivity contribution in [1.29, 1.82) is 0 Å². The molecule has 1 rings (SSSR count). The van der Waals surface area contributed by atoms with Gasteiger partial charge in [-0.1, -0.05) is 6.08 Å². The maximum Gasteiger partial charge on any atom is 0.109 e. The Hall–Kier alpha value is -0.870. The van der Waals surface area contributed by atoms with Gasteiger partial charge in [-0.3, -0.25) is 5.01 Å². The van der Waals surface area contributed by atoms with Gasteiger partial charge in [-0.2, -0.15) is 5.10 Å². The number of hydrogen-bond acceptors (Lipinski definition) is 4. The van der Waals surface area contributed by atoms with Crippen LogP contribution in [0.1, 0.15) is 12.8 Å². The Balaban J connectivity index is 2.42. The average molecular weight is 198 g/mol. The Kier molecular flexibility index (Phi) is 4.62. The second kappa shape index (κ2) is 5.78. The molecule has 2 atom stereocenters. The summed E-state index contributed by atoms with van der Waals surface area (Å²) in [5.74, 6) is 0. The number of hydrazone groups is 1. The number of nitrogens with zero attached hydrogens (tertiary/aromatic N) is 2. The molecule has 0 aromatic rings. The van der Waals surface area contributed by atoms with Gasteiger partial charge >= 0.3 is 0 Å². The quantitative estimate of drug-likeness (QED) is 0.520. The summed E-state index contributed by atoms with van der Waals surface area (Å²) in [5.41, 5.74) is 0. The highest BCUT2D eigenvalue weighted by Gasteiger charge is 2.22. The van der Waals surface area contributed by atoms with Crippen molar-refractivity contribution in [1.82, 2.24) is 5.01 Å². The highest BCUT2D eigenvalue weighted by molar-refractivity contribution is 5.64. The van der Waals surface area contributed by atoms with Gasteiger partial charge in [0.25, 0.3) is 0 Å². The van der Waals surface area contributed by atoms with Gasteiger partial charge in [0.05, 0.1) is 18.9 Å². The number of aliphatic hydroxyl groups is 1. The van der Waals surface area contributed by atoms with Gasteiger partial charge < -0.3 is 9.84 Å². The monoisotopic (exact) mass is 198 g/mol. The van der Waals surface area contributed by atoms with Crippen molar-refractivity contribution in [2.75, 3.05) is 20.3 Å². The van der Waals surface area contributed by atoms with E-state index in [4.69, 9.17) is 4.74 Å². The predicted molar refractivity (Wildman–Crippen MR) is 56.3 cm³/mol. The lowest BCUT2D eigenvalue weighted by atomic mass is 10.2. The molecular formula is C10H18N2O2. The normalized spacial score (nSPS) is 24.4. The molecule has 4 nitrogen and oxygen atoms in total. The van der Waals surface area contributed by atoms with Crippen LogP contribution in [0.5, 0.6) is 0 Å². The van der Waals surface area contributed by atoms with E-state index in [9.17, 15) is 5.11 Å². The van der Waals surface area contributed by atoms with Gasteiger partial charge in [-0.15, -0.1) is 6.58 Å². The molecule has 0 radical (unpaired) electrons. The van der Waals surface area contributed by atoms with Crippen LogP contribution >= 0.6 is 0 Å². The van der Waals surface area contributed by atoms with Crippen LogP contribution < -0.4 is 0 Å². The molecule has 1 fully saturated rings. The molecule has 1 unspecified atom stereocenters. The third-order valence-electron chi connectivity index (χ3n) is 2.31. The topological polar surface area (TPSA) is 45.1 Å². The number of rotatable bonds is 5. The summed E-state index contributed by atoms with van der Waals surface area (Å²) in [6.45, 7) is 5.11. The highest BCUT2D eigenvalue weighted by Crippen LogP contribution is 2.17. The summed E-state index contributed by atoms with van der Waals surface area (Å²) >= 11 is 0. The Morgan fingerprint density at radius 1 is 1.79 bits per heavy atom. The summed E-state index contributed by atoms with van der Waals surface area (Å²) < 4.78 is 5.09. The van der Waals surface area contributed by atoms with Crippen molar-refractivity contribution in [2.24, 2.45) is 5.10 Å². The lowest BCUT2D eigenvalue weighted by Crippen LogP contribution is -2.29. The summed E-state index contributed by atoms with van der Waals surface area (Å²) in [7, 11) is 1.69. The second-order valence-corrected chi connectivity index (χ2v) is 3.41. The van der Waals surface area contributed by atoms with Gasteiger partial charge in [0.2, 0.25) is 0 Å². The van der Waals surface area contributed by atoms with E-state index in [-0.39, 0.29) is 0 Å². The third kappa shape index (κ3) is 3.12. The van der Waals surface area contributed by atoms with Crippen LogP contribution in [0.4, 0.5) is 0 Å². The van der Waals surface area contributed by atoms with Gasteiger partial charge in [-0.25, -0.2) is 0 Å². The Labute approximate surface area is 84.9 Å². The maximum absolute atomic E-state index is 9.21. The van der Waals surface area contributed by atoms with Crippen LogP contribution in [0.25, 0.3) is 0 Å². The minimum Gasteiger partial charge on any atom is -0.383 e. The average Bonchev–Trinajstić information content (AvgIpc) is 2.62. The summed E-state index contributed by atoms with van der Waals surface area (Å²) in [6.07, 6.45) is 4.54. The van der Waals surface area contributed by atoms with Crippen LogP contribution in [0.15, 0.2) is 17.8 Å². The third-order valence-corrected chi connectivity index (χ3v) is 2.31. The van der Waals surface area contributed by atoms with E-state index in [0.717, 1.165) is 19.4 Å². The van der Waals surface area contributed by atoms with Gasteiger partial charge in [-0.05, 0) is 12.8 Å². The van der Waals surface area contributed by atoms with Crippen LogP contribution in [0.2, 0.25) is 0 Å². The van der Waals surface area contributed by atoms with Crippen molar-refractivity contribution in [3.63, 3.8) is 0 Å². The molecule has 0 aromatic carbocycles. The van der Waals surface area contributed by atoms with Crippen LogP contribution in [-0.2, 0) is 4.74 Å². The van der Waals surface area contributed by atoms with Crippen molar-refractivity contribution in [3.05, 3.63) is 12.7 Å². The molecule has 1 N–H and O–H groups in total. The maximum atomic E-state index is 9.21. The van der Waals surface area contributed by atoms with Crippen molar-refractivity contribution < 1.29 is 9.84 Å².